The Balaban J connectivity index is 3.17. The number of anilines is 2. The number of thioether (sulfide) groups is 1. The van der Waals surface area contributed by atoms with E-state index >= 15 is 0 Å². The first-order valence-electron chi connectivity index (χ1n) is 6.98. The summed E-state index contributed by atoms with van der Waals surface area (Å²) in [6.45, 7) is 8.44. The van der Waals surface area contributed by atoms with Crippen molar-refractivity contribution in [1.82, 2.24) is 0 Å². The SMILES string of the molecule is CCCN(CCC)c1sc(C(=O)OCC)c(N)c1SC. The minimum atomic E-state index is -0.315. The van der Waals surface area contributed by atoms with Gasteiger partial charge in [0.15, 0.2) is 0 Å². The van der Waals surface area contributed by atoms with Crippen LogP contribution < -0.4 is 10.6 Å². The van der Waals surface area contributed by atoms with Crippen LogP contribution in [0.15, 0.2) is 4.90 Å². The average molecular weight is 316 g/mol. The van der Waals surface area contributed by atoms with Crippen molar-refractivity contribution < 1.29 is 9.53 Å². The molecule has 1 aromatic heterocycles. The number of thiophene rings is 1. The zero-order chi connectivity index (χ0) is 15.1. The molecule has 0 aliphatic carbocycles. The van der Waals surface area contributed by atoms with E-state index in [1.165, 1.54) is 11.3 Å². The van der Waals surface area contributed by atoms with Crippen molar-refractivity contribution in [2.24, 2.45) is 0 Å². The molecule has 6 heteroatoms. The monoisotopic (exact) mass is 316 g/mol. The minimum Gasteiger partial charge on any atom is -0.462 e. The summed E-state index contributed by atoms with van der Waals surface area (Å²) >= 11 is 3.05. The third kappa shape index (κ3) is 3.82. The van der Waals surface area contributed by atoms with Crippen LogP contribution in [0, 0.1) is 0 Å². The Kier molecular flexibility index (Phi) is 7.23. The number of rotatable bonds is 8. The van der Waals surface area contributed by atoms with Gasteiger partial charge in [0.1, 0.15) is 9.88 Å². The van der Waals surface area contributed by atoms with Gasteiger partial charge in [0.25, 0.3) is 0 Å². The van der Waals surface area contributed by atoms with Crippen molar-refractivity contribution in [2.75, 3.05) is 36.6 Å². The maximum atomic E-state index is 12.0. The van der Waals surface area contributed by atoms with E-state index in [4.69, 9.17) is 10.5 Å². The van der Waals surface area contributed by atoms with Crippen LogP contribution in [-0.2, 0) is 4.74 Å². The lowest BCUT2D eigenvalue weighted by Crippen LogP contribution is -2.24. The highest BCUT2D eigenvalue weighted by Gasteiger charge is 2.24. The smallest absolute Gasteiger partial charge is 0.350 e. The van der Waals surface area contributed by atoms with Gasteiger partial charge in [-0.3, -0.25) is 0 Å². The van der Waals surface area contributed by atoms with Gasteiger partial charge >= 0.3 is 5.97 Å². The molecule has 2 N–H and O–H groups in total. The van der Waals surface area contributed by atoms with Gasteiger partial charge in [0, 0.05) is 13.1 Å². The number of esters is 1. The summed E-state index contributed by atoms with van der Waals surface area (Å²) in [7, 11) is 0. The second-order valence-electron chi connectivity index (χ2n) is 4.39. The average Bonchev–Trinajstić information content (AvgIpc) is 2.75. The van der Waals surface area contributed by atoms with Gasteiger partial charge in [-0.1, -0.05) is 13.8 Å². The number of carbonyl (C=O) groups excluding carboxylic acids is 1. The molecule has 4 nitrogen and oxygen atoms in total. The van der Waals surface area contributed by atoms with E-state index in [2.05, 4.69) is 18.7 Å². The molecule has 0 saturated heterocycles. The van der Waals surface area contributed by atoms with Gasteiger partial charge < -0.3 is 15.4 Å². The Morgan fingerprint density at radius 2 is 1.90 bits per heavy atom. The summed E-state index contributed by atoms with van der Waals surface area (Å²) in [4.78, 5) is 15.8. The van der Waals surface area contributed by atoms with Crippen LogP contribution in [0.25, 0.3) is 0 Å². The van der Waals surface area contributed by atoms with Crippen LogP contribution in [0.1, 0.15) is 43.3 Å². The highest BCUT2D eigenvalue weighted by atomic mass is 32.2. The van der Waals surface area contributed by atoms with E-state index in [9.17, 15) is 4.79 Å². The summed E-state index contributed by atoms with van der Waals surface area (Å²) < 4.78 is 5.08. The predicted molar refractivity (Wildman–Crippen MR) is 89.3 cm³/mol. The fraction of sp³-hybridized carbons (Fsp3) is 0.643. The number of ether oxygens (including phenoxy) is 1. The van der Waals surface area contributed by atoms with Crippen LogP contribution in [0.3, 0.4) is 0 Å². The van der Waals surface area contributed by atoms with Crippen molar-refractivity contribution in [1.29, 1.82) is 0 Å². The van der Waals surface area contributed by atoms with Crippen LogP contribution in [0.4, 0.5) is 10.7 Å². The summed E-state index contributed by atoms with van der Waals surface area (Å²) in [6.07, 6.45) is 4.13. The van der Waals surface area contributed by atoms with Crippen molar-refractivity contribution >= 4 is 39.8 Å². The van der Waals surface area contributed by atoms with Crippen LogP contribution in [0.5, 0.6) is 0 Å². The maximum absolute atomic E-state index is 12.0. The fourth-order valence-corrected chi connectivity index (χ4v) is 4.15. The maximum Gasteiger partial charge on any atom is 0.350 e. The molecule has 1 rings (SSSR count). The zero-order valence-electron chi connectivity index (χ0n) is 12.7. The molecule has 0 unspecified atom stereocenters. The van der Waals surface area contributed by atoms with E-state index < -0.39 is 0 Å². The number of nitrogens with zero attached hydrogens (tertiary/aromatic N) is 1. The summed E-state index contributed by atoms with van der Waals surface area (Å²) in [5.74, 6) is -0.315. The molecule has 0 bridgehead atoms. The quantitative estimate of drug-likeness (QED) is 0.583. The molecule has 0 radical (unpaired) electrons. The van der Waals surface area contributed by atoms with Gasteiger partial charge in [-0.2, -0.15) is 0 Å². The summed E-state index contributed by atoms with van der Waals surface area (Å²) in [5, 5.41) is 1.10. The second kappa shape index (κ2) is 8.42. The highest BCUT2D eigenvalue weighted by molar-refractivity contribution is 7.99. The van der Waals surface area contributed by atoms with Crippen molar-refractivity contribution in [2.45, 2.75) is 38.5 Å². The molecule has 0 aliphatic rings. The lowest BCUT2D eigenvalue weighted by atomic mass is 10.3. The van der Waals surface area contributed by atoms with Crippen LogP contribution in [0.2, 0.25) is 0 Å². The Labute approximate surface area is 129 Å². The minimum absolute atomic E-state index is 0.315. The molecule has 0 amide bonds. The normalized spacial score (nSPS) is 10.6. The molecule has 114 valence electrons. The first-order valence-corrected chi connectivity index (χ1v) is 9.02. The molecule has 0 spiro atoms. The predicted octanol–water partition coefficient (Wildman–Crippen LogP) is 3.86. The third-order valence-electron chi connectivity index (χ3n) is 2.82. The molecular weight excluding hydrogens is 292 g/mol. The molecule has 20 heavy (non-hydrogen) atoms. The Morgan fingerprint density at radius 1 is 1.30 bits per heavy atom. The molecule has 1 aromatic rings. The van der Waals surface area contributed by atoms with Gasteiger partial charge in [0.2, 0.25) is 0 Å². The lowest BCUT2D eigenvalue weighted by molar-refractivity contribution is 0.0533. The van der Waals surface area contributed by atoms with Crippen LogP contribution >= 0.6 is 23.1 Å². The van der Waals surface area contributed by atoms with Crippen molar-refractivity contribution in [3.05, 3.63) is 4.88 Å². The molecule has 0 aromatic carbocycles. The largest absolute Gasteiger partial charge is 0.462 e. The lowest BCUT2D eigenvalue weighted by Gasteiger charge is -2.23. The topological polar surface area (TPSA) is 55.6 Å². The number of hydrogen-bond acceptors (Lipinski definition) is 6. The second-order valence-corrected chi connectivity index (χ2v) is 6.21. The van der Waals surface area contributed by atoms with Gasteiger partial charge in [-0.05, 0) is 26.0 Å². The standard InChI is InChI=1S/C14H24N2O2S2/c1-5-8-16(9-6-2)13-11(19-4)10(15)12(20-13)14(17)18-7-3/h5-9,15H2,1-4H3. The number of hydrogen-bond donors (Lipinski definition) is 1. The van der Waals surface area contributed by atoms with E-state index in [1.807, 2.05) is 6.26 Å². The molecule has 0 saturated carbocycles. The first-order chi connectivity index (χ1) is 9.60. The number of nitrogens with two attached hydrogens (primary N) is 1. The van der Waals surface area contributed by atoms with E-state index in [0.717, 1.165) is 35.8 Å². The molecule has 0 fully saturated rings. The van der Waals surface area contributed by atoms with E-state index in [0.29, 0.717) is 17.2 Å². The molecule has 1 heterocycles. The van der Waals surface area contributed by atoms with Gasteiger partial charge in [-0.25, -0.2) is 4.79 Å². The summed E-state index contributed by atoms with van der Waals surface area (Å²) in [5.41, 5.74) is 6.70. The molecule has 0 atom stereocenters. The van der Waals surface area contributed by atoms with E-state index in [1.54, 1.807) is 18.7 Å². The van der Waals surface area contributed by atoms with Crippen LogP contribution in [-0.4, -0.2) is 31.9 Å². The summed E-state index contributed by atoms with van der Waals surface area (Å²) in [6, 6.07) is 0. The number of nitrogen functional groups attached to an aromatic ring is 1. The molecule has 0 aliphatic heterocycles. The first kappa shape index (κ1) is 17.2. The highest BCUT2D eigenvalue weighted by Crippen LogP contribution is 2.44. The third-order valence-corrected chi connectivity index (χ3v) is 5.02. The van der Waals surface area contributed by atoms with Crippen molar-refractivity contribution in [3.8, 4) is 0 Å². The van der Waals surface area contributed by atoms with E-state index in [-0.39, 0.29) is 5.97 Å². The van der Waals surface area contributed by atoms with Gasteiger partial charge in [0.05, 0.1) is 17.2 Å². The Morgan fingerprint density at radius 3 is 2.35 bits per heavy atom. The fourth-order valence-electron chi connectivity index (χ4n) is 2.02. The Hall–Kier alpha value is -0.880. The van der Waals surface area contributed by atoms with Gasteiger partial charge in [-0.15, -0.1) is 23.1 Å². The zero-order valence-corrected chi connectivity index (χ0v) is 14.3. The van der Waals surface area contributed by atoms with Crippen molar-refractivity contribution in [3.63, 3.8) is 0 Å². The molecular formula is C14H24N2O2S2. The number of carbonyl (C=O) groups is 1. The Bertz CT molecular complexity index is 441.